The van der Waals surface area contributed by atoms with Crippen LogP contribution in [0.1, 0.15) is 5.56 Å². The highest BCUT2D eigenvalue weighted by molar-refractivity contribution is 6.30. The molecule has 0 aliphatic carbocycles. The van der Waals surface area contributed by atoms with E-state index in [0.29, 0.717) is 32.9 Å². The standard InChI is InChI=1S/C23H18Cl2N2O6/c24-16-3-9-19(10-4-16)32-23(33-20-11-5-17(25)6-12-20)22(30)27-26-13-15-1-7-18(8-2-15)31-14-21(28)29/h1-13,23H,14H2,(H,27,30)(H,28,29)/b26-13+. The predicted octanol–water partition coefficient (Wildman–Crippen LogP) is 4.39. The van der Waals surface area contributed by atoms with Crippen molar-refractivity contribution in [2.75, 3.05) is 6.61 Å². The van der Waals surface area contributed by atoms with E-state index in [2.05, 4.69) is 10.5 Å². The summed E-state index contributed by atoms with van der Waals surface area (Å²) in [4.78, 5) is 23.2. The SMILES string of the molecule is O=C(O)COc1ccc(/C=N/NC(=O)C(Oc2ccc(Cl)cc2)Oc2ccc(Cl)cc2)cc1. The Morgan fingerprint density at radius 3 is 1.82 bits per heavy atom. The molecule has 0 atom stereocenters. The predicted molar refractivity (Wildman–Crippen MR) is 123 cm³/mol. The van der Waals surface area contributed by atoms with E-state index >= 15 is 0 Å². The average molecular weight is 489 g/mol. The zero-order valence-electron chi connectivity index (χ0n) is 17.0. The van der Waals surface area contributed by atoms with E-state index in [-0.39, 0.29) is 0 Å². The number of hydrogen-bond donors (Lipinski definition) is 2. The maximum atomic E-state index is 12.7. The molecular formula is C23H18Cl2N2O6. The molecule has 0 fully saturated rings. The van der Waals surface area contributed by atoms with E-state index in [1.807, 2.05) is 0 Å². The minimum atomic E-state index is -1.35. The molecule has 0 aliphatic heterocycles. The van der Waals surface area contributed by atoms with E-state index in [4.69, 9.17) is 42.5 Å². The number of rotatable bonds is 10. The molecule has 10 heteroatoms. The molecule has 170 valence electrons. The van der Waals surface area contributed by atoms with Gasteiger partial charge < -0.3 is 19.3 Å². The number of nitrogens with one attached hydrogen (secondary N) is 1. The normalized spacial score (nSPS) is 10.8. The summed E-state index contributed by atoms with van der Waals surface area (Å²) in [6, 6.07) is 19.4. The van der Waals surface area contributed by atoms with Crippen LogP contribution in [0.15, 0.2) is 77.9 Å². The van der Waals surface area contributed by atoms with Crippen molar-refractivity contribution in [3.05, 3.63) is 88.4 Å². The highest BCUT2D eigenvalue weighted by atomic mass is 35.5. The monoisotopic (exact) mass is 488 g/mol. The summed E-state index contributed by atoms with van der Waals surface area (Å²) in [7, 11) is 0. The molecule has 3 rings (SSSR count). The maximum absolute atomic E-state index is 12.7. The third-order valence-electron chi connectivity index (χ3n) is 3.96. The molecule has 0 heterocycles. The molecule has 1 amide bonds. The Morgan fingerprint density at radius 2 is 1.33 bits per heavy atom. The molecule has 3 aromatic carbocycles. The Hall–Kier alpha value is -3.75. The fourth-order valence-corrected chi connectivity index (χ4v) is 2.67. The van der Waals surface area contributed by atoms with Gasteiger partial charge in [0.2, 0.25) is 0 Å². The maximum Gasteiger partial charge on any atom is 0.341 e. The molecule has 0 saturated heterocycles. The number of aliphatic carboxylic acids is 1. The molecule has 0 aromatic heterocycles. The number of hydrogen-bond acceptors (Lipinski definition) is 6. The lowest BCUT2D eigenvalue weighted by Gasteiger charge is -2.19. The van der Waals surface area contributed by atoms with Crippen LogP contribution in [0.4, 0.5) is 0 Å². The van der Waals surface area contributed by atoms with Gasteiger partial charge in [0.05, 0.1) is 6.21 Å². The first-order valence-corrected chi connectivity index (χ1v) is 10.3. The van der Waals surface area contributed by atoms with Gasteiger partial charge in [0.15, 0.2) is 6.61 Å². The number of carbonyl (C=O) groups is 2. The Bertz CT molecular complexity index is 1060. The van der Waals surface area contributed by atoms with Crippen LogP contribution in [0.25, 0.3) is 0 Å². The van der Waals surface area contributed by atoms with Crippen LogP contribution in [0.5, 0.6) is 17.2 Å². The number of amides is 1. The number of benzene rings is 3. The van der Waals surface area contributed by atoms with Crippen LogP contribution in [-0.4, -0.2) is 36.1 Å². The van der Waals surface area contributed by atoms with Crippen molar-refractivity contribution < 1.29 is 28.9 Å². The van der Waals surface area contributed by atoms with Crippen LogP contribution in [0, 0.1) is 0 Å². The molecule has 2 N–H and O–H groups in total. The third kappa shape index (κ3) is 8.03. The van der Waals surface area contributed by atoms with Crippen molar-refractivity contribution in [1.29, 1.82) is 0 Å². The third-order valence-corrected chi connectivity index (χ3v) is 4.46. The van der Waals surface area contributed by atoms with Gasteiger partial charge in [-0.2, -0.15) is 5.10 Å². The van der Waals surface area contributed by atoms with Crippen molar-refractivity contribution in [2.45, 2.75) is 6.29 Å². The lowest BCUT2D eigenvalue weighted by molar-refractivity contribution is -0.140. The average Bonchev–Trinajstić information content (AvgIpc) is 2.81. The van der Waals surface area contributed by atoms with Gasteiger partial charge in [-0.05, 0) is 78.4 Å². The number of ether oxygens (including phenoxy) is 3. The second-order valence-corrected chi connectivity index (χ2v) is 7.33. The van der Waals surface area contributed by atoms with Crippen LogP contribution in [0.2, 0.25) is 10.0 Å². The van der Waals surface area contributed by atoms with Crippen LogP contribution >= 0.6 is 23.2 Å². The van der Waals surface area contributed by atoms with Gasteiger partial charge in [-0.3, -0.25) is 4.79 Å². The number of halogens is 2. The smallest absolute Gasteiger partial charge is 0.341 e. The van der Waals surface area contributed by atoms with E-state index in [0.717, 1.165) is 0 Å². The quantitative estimate of drug-likeness (QED) is 0.249. The van der Waals surface area contributed by atoms with Crippen LogP contribution in [0.3, 0.4) is 0 Å². The van der Waals surface area contributed by atoms with Gasteiger partial charge in [-0.1, -0.05) is 23.2 Å². The molecule has 33 heavy (non-hydrogen) atoms. The molecule has 3 aromatic rings. The summed E-state index contributed by atoms with van der Waals surface area (Å²) in [6.45, 7) is -0.438. The van der Waals surface area contributed by atoms with Crippen molar-refractivity contribution in [1.82, 2.24) is 5.43 Å². The molecule has 0 saturated carbocycles. The Balaban J connectivity index is 1.65. The minimum Gasteiger partial charge on any atom is -0.482 e. The van der Waals surface area contributed by atoms with Gasteiger partial charge >= 0.3 is 18.2 Å². The second kappa shape index (κ2) is 11.8. The van der Waals surface area contributed by atoms with Gasteiger partial charge in [0.1, 0.15) is 17.2 Å². The van der Waals surface area contributed by atoms with Gasteiger partial charge in [-0.25, -0.2) is 10.2 Å². The van der Waals surface area contributed by atoms with Crippen molar-refractivity contribution in [3.8, 4) is 17.2 Å². The molecule has 0 bridgehead atoms. The summed E-state index contributed by atoms with van der Waals surface area (Å²) < 4.78 is 16.4. The zero-order valence-corrected chi connectivity index (χ0v) is 18.5. The topological polar surface area (TPSA) is 106 Å². The van der Waals surface area contributed by atoms with Crippen molar-refractivity contribution in [2.24, 2.45) is 5.10 Å². The fraction of sp³-hybridized carbons (Fsp3) is 0.0870. The molecule has 8 nitrogen and oxygen atoms in total. The van der Waals surface area contributed by atoms with Gasteiger partial charge in [-0.15, -0.1) is 0 Å². The van der Waals surface area contributed by atoms with Crippen molar-refractivity contribution in [3.63, 3.8) is 0 Å². The van der Waals surface area contributed by atoms with Gasteiger partial charge in [0, 0.05) is 10.0 Å². The first-order chi connectivity index (χ1) is 15.9. The Morgan fingerprint density at radius 1 is 0.848 bits per heavy atom. The minimum absolute atomic E-state index is 0.370. The summed E-state index contributed by atoms with van der Waals surface area (Å²) >= 11 is 11.8. The summed E-state index contributed by atoms with van der Waals surface area (Å²) in [6.07, 6.45) is 0.0526. The first-order valence-electron chi connectivity index (χ1n) is 9.51. The summed E-state index contributed by atoms with van der Waals surface area (Å²) in [5.74, 6) is -0.590. The summed E-state index contributed by atoms with van der Waals surface area (Å²) in [5.41, 5.74) is 3.01. The number of carboxylic acids is 1. The molecule has 0 spiro atoms. The van der Waals surface area contributed by atoms with Gasteiger partial charge in [0.25, 0.3) is 0 Å². The number of carboxylic acid groups (broad SMARTS) is 1. The molecule has 0 unspecified atom stereocenters. The Labute approximate surface area is 199 Å². The van der Waals surface area contributed by atoms with Crippen LogP contribution < -0.4 is 19.6 Å². The zero-order chi connectivity index (χ0) is 23.6. The largest absolute Gasteiger partial charge is 0.482 e. The lowest BCUT2D eigenvalue weighted by Crippen LogP contribution is -2.40. The van der Waals surface area contributed by atoms with E-state index in [1.54, 1.807) is 72.8 Å². The second-order valence-electron chi connectivity index (χ2n) is 6.46. The summed E-state index contributed by atoms with van der Waals surface area (Å²) in [5, 5.41) is 13.6. The number of hydrazone groups is 1. The highest BCUT2D eigenvalue weighted by Crippen LogP contribution is 2.20. The van der Waals surface area contributed by atoms with E-state index < -0.39 is 24.8 Å². The molecular weight excluding hydrogens is 471 g/mol. The van der Waals surface area contributed by atoms with E-state index in [9.17, 15) is 9.59 Å². The fourth-order valence-electron chi connectivity index (χ4n) is 2.42. The number of nitrogens with zero attached hydrogens (tertiary/aromatic N) is 1. The molecule has 0 aliphatic rings. The Kier molecular flexibility index (Phi) is 8.51. The molecule has 0 radical (unpaired) electrons. The lowest BCUT2D eigenvalue weighted by atomic mass is 10.2. The first kappa shape index (κ1) is 23.9. The highest BCUT2D eigenvalue weighted by Gasteiger charge is 2.22. The van der Waals surface area contributed by atoms with Crippen LogP contribution in [-0.2, 0) is 9.59 Å². The number of carbonyl (C=O) groups excluding carboxylic acids is 1. The van der Waals surface area contributed by atoms with Crippen molar-refractivity contribution >= 4 is 41.3 Å². The van der Waals surface area contributed by atoms with E-state index in [1.165, 1.54) is 6.21 Å².